The number of carbonyl (C=O) groups excluding carboxylic acids is 1. The molecule has 1 aromatic rings. The van der Waals surface area contributed by atoms with E-state index in [0.29, 0.717) is 12.1 Å². The summed E-state index contributed by atoms with van der Waals surface area (Å²) in [4.78, 5) is 11.6. The lowest BCUT2D eigenvalue weighted by molar-refractivity contribution is -0.128. The molecule has 0 aromatic heterocycles. The van der Waals surface area contributed by atoms with E-state index in [1.807, 2.05) is 0 Å². The standard InChI is InChI=1S/C14H20F2N2O/c1-9(11-6-5-10(15)7-12(11)16)18-8-14(2,3)13(19)17-4/h5-7,9,18H,8H2,1-4H3,(H,17,19). The van der Waals surface area contributed by atoms with Gasteiger partial charge < -0.3 is 10.6 Å². The first kappa shape index (κ1) is 15.6. The van der Waals surface area contributed by atoms with E-state index in [0.717, 1.165) is 6.07 Å². The first-order valence-corrected chi connectivity index (χ1v) is 6.18. The Labute approximate surface area is 112 Å². The number of benzene rings is 1. The third-order valence-corrected chi connectivity index (χ3v) is 3.12. The van der Waals surface area contributed by atoms with Crippen molar-refractivity contribution < 1.29 is 13.6 Å². The van der Waals surface area contributed by atoms with Crippen LogP contribution in [0.2, 0.25) is 0 Å². The number of carbonyl (C=O) groups is 1. The predicted octanol–water partition coefficient (Wildman–Crippen LogP) is 2.39. The van der Waals surface area contributed by atoms with Gasteiger partial charge in [0.1, 0.15) is 11.6 Å². The number of hydrogen-bond acceptors (Lipinski definition) is 2. The summed E-state index contributed by atoms with van der Waals surface area (Å²) in [5.74, 6) is -1.27. The van der Waals surface area contributed by atoms with Gasteiger partial charge in [0, 0.05) is 31.3 Å². The van der Waals surface area contributed by atoms with Crippen molar-refractivity contribution in [3.05, 3.63) is 35.4 Å². The number of halogens is 2. The summed E-state index contributed by atoms with van der Waals surface area (Å²) in [6, 6.07) is 3.19. The van der Waals surface area contributed by atoms with Gasteiger partial charge in [-0.3, -0.25) is 4.79 Å². The number of nitrogens with one attached hydrogen (secondary N) is 2. The van der Waals surface area contributed by atoms with Crippen molar-refractivity contribution in [2.75, 3.05) is 13.6 Å². The van der Waals surface area contributed by atoms with Crippen molar-refractivity contribution in [1.82, 2.24) is 10.6 Å². The van der Waals surface area contributed by atoms with Crippen LogP contribution in [0.4, 0.5) is 8.78 Å². The van der Waals surface area contributed by atoms with Gasteiger partial charge in [-0.25, -0.2) is 8.78 Å². The molecule has 0 bridgehead atoms. The van der Waals surface area contributed by atoms with Gasteiger partial charge in [-0.15, -0.1) is 0 Å². The fourth-order valence-corrected chi connectivity index (χ4v) is 1.79. The van der Waals surface area contributed by atoms with E-state index in [1.54, 1.807) is 27.8 Å². The third-order valence-electron chi connectivity index (χ3n) is 3.12. The molecule has 0 saturated carbocycles. The van der Waals surface area contributed by atoms with Crippen LogP contribution in [-0.4, -0.2) is 19.5 Å². The second kappa shape index (κ2) is 6.10. The molecule has 0 aliphatic heterocycles. The Hall–Kier alpha value is -1.49. The summed E-state index contributed by atoms with van der Waals surface area (Å²) in [6.45, 7) is 5.76. The average molecular weight is 270 g/mol. The highest BCUT2D eigenvalue weighted by molar-refractivity contribution is 5.81. The zero-order valence-electron chi connectivity index (χ0n) is 11.7. The lowest BCUT2D eigenvalue weighted by Gasteiger charge is -2.25. The summed E-state index contributed by atoms with van der Waals surface area (Å²) in [7, 11) is 1.58. The SMILES string of the molecule is CNC(=O)C(C)(C)CNC(C)c1ccc(F)cc1F. The zero-order valence-corrected chi connectivity index (χ0v) is 11.7. The second-order valence-electron chi connectivity index (χ2n) is 5.23. The molecule has 1 unspecified atom stereocenters. The van der Waals surface area contributed by atoms with Gasteiger partial charge >= 0.3 is 0 Å². The normalized spacial score (nSPS) is 13.2. The Kier molecular flexibility index (Phi) is 5.00. The van der Waals surface area contributed by atoms with Crippen LogP contribution >= 0.6 is 0 Å². The van der Waals surface area contributed by atoms with Crippen LogP contribution in [0.1, 0.15) is 32.4 Å². The van der Waals surface area contributed by atoms with Crippen molar-refractivity contribution in [3.63, 3.8) is 0 Å². The molecule has 3 nitrogen and oxygen atoms in total. The summed E-state index contributed by atoms with van der Waals surface area (Å²) >= 11 is 0. The molecule has 1 atom stereocenters. The zero-order chi connectivity index (χ0) is 14.6. The third kappa shape index (κ3) is 3.99. The maximum atomic E-state index is 13.6. The van der Waals surface area contributed by atoms with E-state index in [9.17, 15) is 13.6 Å². The van der Waals surface area contributed by atoms with Crippen LogP contribution < -0.4 is 10.6 Å². The lowest BCUT2D eigenvalue weighted by atomic mass is 9.91. The second-order valence-corrected chi connectivity index (χ2v) is 5.23. The highest BCUT2D eigenvalue weighted by Gasteiger charge is 2.27. The van der Waals surface area contributed by atoms with Gasteiger partial charge in [0.25, 0.3) is 0 Å². The lowest BCUT2D eigenvalue weighted by Crippen LogP contribution is -2.42. The van der Waals surface area contributed by atoms with Gasteiger partial charge in [0.05, 0.1) is 5.41 Å². The van der Waals surface area contributed by atoms with Gasteiger partial charge in [0.15, 0.2) is 0 Å². The molecule has 2 N–H and O–H groups in total. The Morgan fingerprint density at radius 1 is 1.37 bits per heavy atom. The topological polar surface area (TPSA) is 41.1 Å². The van der Waals surface area contributed by atoms with Crippen molar-refractivity contribution in [2.45, 2.75) is 26.8 Å². The summed E-state index contributed by atoms with van der Waals surface area (Å²) < 4.78 is 26.4. The molecule has 0 aliphatic carbocycles. The molecular formula is C14H20F2N2O. The van der Waals surface area contributed by atoms with Crippen LogP contribution in [0.3, 0.4) is 0 Å². The molecule has 0 spiro atoms. The first-order valence-electron chi connectivity index (χ1n) is 6.18. The Bertz CT molecular complexity index is 461. The van der Waals surface area contributed by atoms with Gasteiger partial charge in [0.2, 0.25) is 5.91 Å². The number of hydrogen-bond donors (Lipinski definition) is 2. The van der Waals surface area contributed by atoms with E-state index in [4.69, 9.17) is 0 Å². The molecule has 5 heteroatoms. The van der Waals surface area contributed by atoms with Crippen LogP contribution in [0.5, 0.6) is 0 Å². The van der Waals surface area contributed by atoms with Gasteiger partial charge in [-0.2, -0.15) is 0 Å². The molecule has 1 aromatic carbocycles. The van der Waals surface area contributed by atoms with Crippen LogP contribution in [0.15, 0.2) is 18.2 Å². The van der Waals surface area contributed by atoms with E-state index in [-0.39, 0.29) is 11.9 Å². The van der Waals surface area contributed by atoms with Crippen molar-refractivity contribution in [3.8, 4) is 0 Å². The van der Waals surface area contributed by atoms with Crippen molar-refractivity contribution in [1.29, 1.82) is 0 Å². The van der Waals surface area contributed by atoms with Crippen molar-refractivity contribution >= 4 is 5.91 Å². The monoisotopic (exact) mass is 270 g/mol. The molecule has 1 amide bonds. The van der Waals surface area contributed by atoms with E-state index >= 15 is 0 Å². The maximum Gasteiger partial charge on any atom is 0.226 e. The molecular weight excluding hydrogens is 250 g/mol. The fraction of sp³-hybridized carbons (Fsp3) is 0.500. The number of amides is 1. The van der Waals surface area contributed by atoms with Gasteiger partial charge in [-0.05, 0) is 26.8 Å². The Morgan fingerprint density at radius 2 is 2.00 bits per heavy atom. The van der Waals surface area contributed by atoms with Crippen LogP contribution in [-0.2, 0) is 4.79 Å². The van der Waals surface area contributed by atoms with E-state index in [2.05, 4.69) is 10.6 Å². The van der Waals surface area contributed by atoms with Crippen LogP contribution in [0, 0.1) is 17.0 Å². The fourth-order valence-electron chi connectivity index (χ4n) is 1.79. The molecule has 1 rings (SSSR count). The van der Waals surface area contributed by atoms with E-state index < -0.39 is 17.0 Å². The smallest absolute Gasteiger partial charge is 0.226 e. The highest BCUT2D eigenvalue weighted by Crippen LogP contribution is 2.20. The summed E-state index contributed by atoms with van der Waals surface area (Å²) in [5.41, 5.74) is -0.214. The van der Waals surface area contributed by atoms with Gasteiger partial charge in [-0.1, -0.05) is 6.07 Å². The molecule has 0 fully saturated rings. The number of rotatable bonds is 5. The quantitative estimate of drug-likeness (QED) is 0.862. The highest BCUT2D eigenvalue weighted by atomic mass is 19.1. The maximum absolute atomic E-state index is 13.6. The molecule has 0 aliphatic rings. The molecule has 0 saturated heterocycles. The summed E-state index contributed by atoms with van der Waals surface area (Å²) in [5, 5.41) is 5.68. The molecule has 0 heterocycles. The van der Waals surface area contributed by atoms with Crippen LogP contribution in [0.25, 0.3) is 0 Å². The first-order chi connectivity index (χ1) is 8.77. The molecule has 106 valence electrons. The summed E-state index contributed by atoms with van der Waals surface area (Å²) in [6.07, 6.45) is 0. The minimum absolute atomic E-state index is 0.0909. The molecule has 19 heavy (non-hydrogen) atoms. The largest absolute Gasteiger partial charge is 0.359 e. The Morgan fingerprint density at radius 3 is 2.53 bits per heavy atom. The molecule has 0 radical (unpaired) electrons. The minimum atomic E-state index is -0.598. The Balaban J connectivity index is 2.70. The predicted molar refractivity (Wildman–Crippen MR) is 70.6 cm³/mol. The van der Waals surface area contributed by atoms with E-state index in [1.165, 1.54) is 12.1 Å². The average Bonchev–Trinajstić information content (AvgIpc) is 2.35. The van der Waals surface area contributed by atoms with Crippen molar-refractivity contribution in [2.24, 2.45) is 5.41 Å². The minimum Gasteiger partial charge on any atom is -0.359 e.